The summed E-state index contributed by atoms with van der Waals surface area (Å²) in [6.07, 6.45) is 7.94. The molecule has 1 rings (SSSR count). The lowest BCUT2D eigenvalue weighted by molar-refractivity contribution is -0.0456. The fraction of sp³-hybridized carbons (Fsp3) is 0.895. The molecule has 1 fully saturated rings. The minimum absolute atomic E-state index is 0.0539. The Morgan fingerprint density at radius 1 is 1.10 bits per heavy atom. The normalized spacial score (nSPS) is 19.4. The van der Waals surface area contributed by atoms with Gasteiger partial charge >= 0.3 is 0 Å². The number of ether oxygens (including phenoxy) is 1. The first-order chi connectivity index (χ1) is 9.24. The molecular formula is C19H36O. The molecular weight excluding hydrogens is 244 g/mol. The Hall–Kier alpha value is -0.460. The maximum atomic E-state index is 6.41. The summed E-state index contributed by atoms with van der Waals surface area (Å²) in [5, 5.41) is 0. The molecule has 0 bridgehead atoms. The summed E-state index contributed by atoms with van der Waals surface area (Å²) in [5.74, 6) is 3.49. The molecule has 1 aliphatic rings. The highest BCUT2D eigenvalue weighted by molar-refractivity contribution is 4.97. The molecule has 1 atom stereocenters. The molecule has 1 aliphatic carbocycles. The van der Waals surface area contributed by atoms with Crippen LogP contribution >= 0.6 is 0 Å². The van der Waals surface area contributed by atoms with Crippen LogP contribution in [0, 0.1) is 23.7 Å². The van der Waals surface area contributed by atoms with Gasteiger partial charge in [0.1, 0.15) is 5.60 Å². The maximum Gasteiger partial charge on any atom is 0.106 e. The lowest BCUT2D eigenvalue weighted by atomic mass is 9.78. The van der Waals surface area contributed by atoms with Gasteiger partial charge in [-0.25, -0.2) is 0 Å². The zero-order chi connectivity index (χ0) is 15.3. The van der Waals surface area contributed by atoms with Crippen LogP contribution in [0.5, 0.6) is 0 Å². The lowest BCUT2D eigenvalue weighted by Gasteiger charge is -2.40. The molecule has 118 valence electrons. The second-order valence-electron chi connectivity index (χ2n) is 7.99. The molecule has 0 N–H and O–H groups in total. The van der Waals surface area contributed by atoms with Gasteiger partial charge in [-0.05, 0) is 50.9 Å². The van der Waals surface area contributed by atoms with Gasteiger partial charge in [-0.1, -0.05) is 53.5 Å². The van der Waals surface area contributed by atoms with Crippen LogP contribution in [0.1, 0.15) is 80.1 Å². The number of hydrogen-bond donors (Lipinski definition) is 0. The van der Waals surface area contributed by atoms with Crippen molar-refractivity contribution >= 4 is 0 Å². The Morgan fingerprint density at radius 3 is 2.10 bits per heavy atom. The quantitative estimate of drug-likeness (QED) is 0.505. The van der Waals surface area contributed by atoms with E-state index in [9.17, 15) is 0 Å². The molecule has 0 heterocycles. The predicted molar refractivity (Wildman–Crippen MR) is 88.7 cm³/mol. The summed E-state index contributed by atoms with van der Waals surface area (Å²) >= 11 is 0. The third-order valence-electron chi connectivity index (χ3n) is 4.93. The zero-order valence-electron chi connectivity index (χ0n) is 14.7. The molecule has 0 amide bonds. The molecule has 1 unspecified atom stereocenters. The van der Waals surface area contributed by atoms with E-state index in [0.717, 1.165) is 5.76 Å². The average Bonchev–Trinajstić information content (AvgIpc) is 2.36. The van der Waals surface area contributed by atoms with E-state index < -0.39 is 0 Å². The lowest BCUT2D eigenvalue weighted by Crippen LogP contribution is -2.37. The largest absolute Gasteiger partial charge is 0.492 e. The van der Waals surface area contributed by atoms with Crippen LogP contribution in [-0.4, -0.2) is 5.60 Å². The molecule has 0 aliphatic heterocycles. The fourth-order valence-electron chi connectivity index (χ4n) is 3.58. The molecule has 1 heteroatoms. The van der Waals surface area contributed by atoms with Crippen molar-refractivity contribution in [3.8, 4) is 0 Å². The van der Waals surface area contributed by atoms with Crippen molar-refractivity contribution < 1.29 is 4.74 Å². The van der Waals surface area contributed by atoms with Crippen LogP contribution in [0.15, 0.2) is 12.3 Å². The highest BCUT2D eigenvalue weighted by atomic mass is 16.5. The number of hydrogen-bond acceptors (Lipinski definition) is 1. The van der Waals surface area contributed by atoms with Crippen molar-refractivity contribution in [2.24, 2.45) is 23.7 Å². The number of allylic oxidation sites excluding steroid dienone is 1. The third kappa shape index (κ3) is 5.14. The van der Waals surface area contributed by atoms with Crippen molar-refractivity contribution in [2.75, 3.05) is 0 Å². The van der Waals surface area contributed by atoms with E-state index in [1.54, 1.807) is 0 Å². The zero-order valence-corrected chi connectivity index (χ0v) is 14.7. The molecule has 0 saturated heterocycles. The first-order valence-corrected chi connectivity index (χ1v) is 8.61. The van der Waals surface area contributed by atoms with Gasteiger partial charge in [-0.3, -0.25) is 0 Å². The van der Waals surface area contributed by atoms with E-state index in [-0.39, 0.29) is 5.60 Å². The Kier molecular flexibility index (Phi) is 6.61. The fourth-order valence-corrected chi connectivity index (χ4v) is 3.58. The first kappa shape index (κ1) is 17.6. The highest BCUT2D eigenvalue weighted by Gasteiger charge is 2.34. The molecule has 0 aromatic rings. The first-order valence-electron chi connectivity index (χ1n) is 8.61. The Morgan fingerprint density at radius 2 is 1.65 bits per heavy atom. The van der Waals surface area contributed by atoms with Gasteiger partial charge in [0.25, 0.3) is 0 Å². The Bertz CT molecular complexity index is 295. The molecule has 0 aromatic carbocycles. The van der Waals surface area contributed by atoms with Crippen molar-refractivity contribution in [3.63, 3.8) is 0 Å². The molecule has 0 radical (unpaired) electrons. The van der Waals surface area contributed by atoms with Gasteiger partial charge in [0.2, 0.25) is 0 Å². The number of rotatable bonds is 7. The van der Waals surface area contributed by atoms with Gasteiger partial charge in [0.15, 0.2) is 0 Å². The molecule has 0 aromatic heterocycles. The van der Waals surface area contributed by atoms with Crippen LogP contribution in [0.2, 0.25) is 0 Å². The molecule has 20 heavy (non-hydrogen) atoms. The monoisotopic (exact) mass is 280 g/mol. The van der Waals surface area contributed by atoms with E-state index in [1.807, 2.05) is 0 Å². The van der Waals surface area contributed by atoms with Crippen molar-refractivity contribution in [3.05, 3.63) is 12.3 Å². The Labute approximate surface area is 127 Å². The van der Waals surface area contributed by atoms with Crippen LogP contribution < -0.4 is 0 Å². The van der Waals surface area contributed by atoms with Gasteiger partial charge in [0, 0.05) is 5.92 Å². The third-order valence-corrected chi connectivity index (χ3v) is 4.93. The van der Waals surface area contributed by atoms with Gasteiger partial charge in [-0.2, -0.15) is 0 Å². The predicted octanol–water partition coefficient (Wildman–Crippen LogP) is 6.19. The SMILES string of the molecule is C=C(OC(C)(C)C1CCCCC1)C(CC(C)C)C(C)C. The summed E-state index contributed by atoms with van der Waals surface area (Å²) < 4.78 is 6.41. The minimum Gasteiger partial charge on any atom is -0.492 e. The van der Waals surface area contributed by atoms with Gasteiger partial charge in [-0.15, -0.1) is 0 Å². The molecule has 1 saturated carbocycles. The van der Waals surface area contributed by atoms with E-state index in [1.165, 1.54) is 38.5 Å². The van der Waals surface area contributed by atoms with Crippen molar-refractivity contribution in [1.82, 2.24) is 0 Å². The molecule has 1 nitrogen and oxygen atoms in total. The smallest absolute Gasteiger partial charge is 0.106 e. The van der Waals surface area contributed by atoms with Crippen molar-refractivity contribution in [1.29, 1.82) is 0 Å². The standard InChI is InChI=1S/C19H36O/c1-14(2)13-18(15(3)4)16(5)20-19(6,7)17-11-9-8-10-12-17/h14-15,17-18H,5,8-13H2,1-4,6-7H3. The summed E-state index contributed by atoms with van der Waals surface area (Å²) in [6, 6.07) is 0. The summed E-state index contributed by atoms with van der Waals surface area (Å²) in [4.78, 5) is 0. The minimum atomic E-state index is -0.0539. The van der Waals surface area contributed by atoms with Crippen molar-refractivity contribution in [2.45, 2.75) is 85.7 Å². The average molecular weight is 280 g/mol. The second-order valence-corrected chi connectivity index (χ2v) is 7.99. The Balaban J connectivity index is 2.65. The topological polar surface area (TPSA) is 9.23 Å². The maximum absolute atomic E-state index is 6.41. The van der Waals surface area contributed by atoms with Gasteiger partial charge < -0.3 is 4.74 Å². The van der Waals surface area contributed by atoms with E-state index in [4.69, 9.17) is 4.74 Å². The highest BCUT2D eigenvalue weighted by Crippen LogP contribution is 2.38. The second kappa shape index (κ2) is 7.52. The summed E-state index contributed by atoms with van der Waals surface area (Å²) in [7, 11) is 0. The van der Waals surface area contributed by atoms with Crippen LogP contribution in [0.3, 0.4) is 0 Å². The van der Waals surface area contributed by atoms with Crippen LogP contribution in [0.4, 0.5) is 0 Å². The summed E-state index contributed by atoms with van der Waals surface area (Å²) in [6.45, 7) is 18.0. The van der Waals surface area contributed by atoms with E-state index >= 15 is 0 Å². The van der Waals surface area contributed by atoms with Crippen LogP contribution in [-0.2, 0) is 4.74 Å². The molecule has 0 spiro atoms. The summed E-state index contributed by atoms with van der Waals surface area (Å²) in [5.41, 5.74) is -0.0539. The van der Waals surface area contributed by atoms with E-state index in [0.29, 0.717) is 23.7 Å². The van der Waals surface area contributed by atoms with E-state index in [2.05, 4.69) is 48.1 Å². The van der Waals surface area contributed by atoms with Gasteiger partial charge in [0.05, 0.1) is 5.76 Å². The van der Waals surface area contributed by atoms with Crippen LogP contribution in [0.25, 0.3) is 0 Å².